The SMILES string of the molecule is Cc1cc(N2CCO[C@H](C(F)(F)F)C2)nc(N)n1. The Morgan fingerprint density at radius 1 is 1.44 bits per heavy atom. The molecule has 0 aliphatic carbocycles. The third kappa shape index (κ3) is 2.81. The number of alkyl halides is 3. The molecule has 1 aromatic heterocycles. The first kappa shape index (κ1) is 12.9. The molecule has 2 heterocycles. The Bertz CT molecular complexity index is 417. The number of morpholine rings is 1. The van der Waals surface area contributed by atoms with Gasteiger partial charge in [-0.3, -0.25) is 0 Å². The topological polar surface area (TPSA) is 64.3 Å². The van der Waals surface area contributed by atoms with Gasteiger partial charge in [0.2, 0.25) is 5.95 Å². The van der Waals surface area contributed by atoms with Gasteiger partial charge in [-0.05, 0) is 6.92 Å². The molecular formula is C10H13F3N4O. The van der Waals surface area contributed by atoms with Gasteiger partial charge in [-0.25, -0.2) is 4.98 Å². The van der Waals surface area contributed by atoms with Crippen molar-refractivity contribution in [2.24, 2.45) is 0 Å². The van der Waals surface area contributed by atoms with E-state index in [1.54, 1.807) is 13.0 Å². The van der Waals surface area contributed by atoms with Crippen molar-refractivity contribution in [1.82, 2.24) is 9.97 Å². The van der Waals surface area contributed by atoms with Gasteiger partial charge in [0, 0.05) is 18.3 Å². The van der Waals surface area contributed by atoms with Crippen molar-refractivity contribution in [3.8, 4) is 0 Å². The molecule has 0 saturated carbocycles. The van der Waals surface area contributed by atoms with Crippen LogP contribution in [0, 0.1) is 6.92 Å². The molecule has 1 aliphatic rings. The standard InChI is InChI=1S/C10H13F3N4O/c1-6-4-8(16-9(14)15-6)17-2-3-18-7(5-17)10(11,12)13/h4,7H,2-3,5H2,1H3,(H2,14,15,16)/t7-/m0/s1. The lowest BCUT2D eigenvalue weighted by atomic mass is 10.2. The Morgan fingerprint density at radius 3 is 2.78 bits per heavy atom. The zero-order valence-electron chi connectivity index (χ0n) is 9.74. The molecule has 2 rings (SSSR count). The molecule has 8 heteroatoms. The molecule has 2 N–H and O–H groups in total. The van der Waals surface area contributed by atoms with E-state index in [4.69, 9.17) is 10.5 Å². The van der Waals surface area contributed by atoms with E-state index in [9.17, 15) is 13.2 Å². The Morgan fingerprint density at radius 2 is 2.17 bits per heavy atom. The van der Waals surface area contributed by atoms with Crippen molar-refractivity contribution >= 4 is 11.8 Å². The zero-order chi connectivity index (χ0) is 13.3. The average Bonchev–Trinajstić information content (AvgIpc) is 2.27. The lowest BCUT2D eigenvalue weighted by molar-refractivity contribution is -0.221. The number of hydrogen-bond acceptors (Lipinski definition) is 5. The predicted molar refractivity (Wildman–Crippen MR) is 59.2 cm³/mol. The van der Waals surface area contributed by atoms with Crippen molar-refractivity contribution < 1.29 is 17.9 Å². The highest BCUT2D eigenvalue weighted by molar-refractivity contribution is 5.43. The lowest BCUT2D eigenvalue weighted by Crippen LogP contribution is -2.49. The minimum atomic E-state index is -4.37. The normalized spacial score (nSPS) is 21.1. The Kier molecular flexibility index (Phi) is 3.29. The minimum Gasteiger partial charge on any atom is -0.368 e. The number of rotatable bonds is 1. The number of aromatic nitrogens is 2. The Labute approximate surface area is 102 Å². The highest BCUT2D eigenvalue weighted by atomic mass is 19.4. The number of ether oxygens (including phenoxy) is 1. The van der Waals surface area contributed by atoms with Crippen molar-refractivity contribution in [1.29, 1.82) is 0 Å². The van der Waals surface area contributed by atoms with Crippen molar-refractivity contribution in [2.45, 2.75) is 19.2 Å². The molecule has 1 fully saturated rings. The fraction of sp³-hybridized carbons (Fsp3) is 0.600. The van der Waals surface area contributed by atoms with Gasteiger partial charge in [-0.1, -0.05) is 0 Å². The molecule has 100 valence electrons. The minimum absolute atomic E-state index is 0.00708. The molecule has 0 aromatic carbocycles. The summed E-state index contributed by atoms with van der Waals surface area (Å²) in [6.45, 7) is 1.79. The van der Waals surface area contributed by atoms with E-state index in [2.05, 4.69) is 9.97 Å². The highest BCUT2D eigenvalue weighted by Gasteiger charge is 2.43. The third-order valence-corrected chi connectivity index (χ3v) is 2.61. The molecular weight excluding hydrogens is 249 g/mol. The van der Waals surface area contributed by atoms with Crippen molar-refractivity contribution in [2.75, 3.05) is 30.3 Å². The average molecular weight is 262 g/mol. The van der Waals surface area contributed by atoms with Gasteiger partial charge < -0.3 is 15.4 Å². The second-order valence-electron chi connectivity index (χ2n) is 4.07. The summed E-state index contributed by atoms with van der Waals surface area (Å²) in [5.74, 6) is 0.456. The number of hydrogen-bond donors (Lipinski definition) is 1. The van der Waals surface area contributed by atoms with Crippen molar-refractivity contribution in [3.63, 3.8) is 0 Å². The summed E-state index contributed by atoms with van der Waals surface area (Å²) >= 11 is 0. The molecule has 1 atom stereocenters. The predicted octanol–water partition coefficient (Wildman–Crippen LogP) is 1.13. The van der Waals surface area contributed by atoms with Crippen LogP contribution in [0.1, 0.15) is 5.69 Å². The fourth-order valence-corrected chi connectivity index (χ4v) is 1.79. The summed E-state index contributed by atoms with van der Waals surface area (Å²) in [6.07, 6.45) is -6.16. The molecule has 0 amide bonds. The molecule has 0 radical (unpaired) electrons. The van der Waals surface area contributed by atoms with Crippen LogP contribution in [0.3, 0.4) is 0 Å². The third-order valence-electron chi connectivity index (χ3n) is 2.61. The maximum absolute atomic E-state index is 12.6. The van der Waals surface area contributed by atoms with E-state index in [1.165, 1.54) is 4.90 Å². The van der Waals surface area contributed by atoms with Crippen LogP contribution in [0.15, 0.2) is 6.07 Å². The second-order valence-corrected chi connectivity index (χ2v) is 4.07. The van der Waals surface area contributed by atoms with Gasteiger partial charge in [0.15, 0.2) is 6.10 Å². The number of anilines is 2. The van der Waals surface area contributed by atoms with E-state index in [1.807, 2.05) is 0 Å². The van der Waals surface area contributed by atoms with Crippen molar-refractivity contribution in [3.05, 3.63) is 11.8 Å². The largest absolute Gasteiger partial charge is 0.416 e. The second kappa shape index (κ2) is 4.60. The van der Waals surface area contributed by atoms with E-state index in [0.717, 1.165) is 0 Å². The van der Waals surface area contributed by atoms with Gasteiger partial charge in [0.25, 0.3) is 0 Å². The highest BCUT2D eigenvalue weighted by Crippen LogP contribution is 2.27. The first-order chi connectivity index (χ1) is 8.36. The Hall–Kier alpha value is -1.57. The van der Waals surface area contributed by atoms with E-state index >= 15 is 0 Å². The van der Waals surface area contributed by atoms with Gasteiger partial charge >= 0.3 is 6.18 Å². The molecule has 5 nitrogen and oxygen atoms in total. The maximum atomic E-state index is 12.6. The van der Waals surface area contributed by atoms with Crippen LogP contribution in [-0.2, 0) is 4.74 Å². The summed E-state index contributed by atoms with van der Waals surface area (Å²) in [5, 5.41) is 0. The number of nitrogen functional groups attached to an aromatic ring is 1. The zero-order valence-corrected chi connectivity index (χ0v) is 9.74. The number of aryl methyl sites for hydroxylation is 1. The first-order valence-corrected chi connectivity index (χ1v) is 5.40. The van der Waals surface area contributed by atoms with Gasteiger partial charge in [-0.2, -0.15) is 18.2 Å². The van der Waals surface area contributed by atoms with Crippen LogP contribution in [0.2, 0.25) is 0 Å². The van der Waals surface area contributed by atoms with E-state index in [0.29, 0.717) is 18.1 Å². The number of halogens is 3. The van der Waals surface area contributed by atoms with Gasteiger partial charge in [0.05, 0.1) is 13.2 Å². The van der Waals surface area contributed by atoms with Crippen LogP contribution in [0.5, 0.6) is 0 Å². The molecule has 0 unspecified atom stereocenters. The fourth-order valence-electron chi connectivity index (χ4n) is 1.79. The molecule has 1 aromatic rings. The summed E-state index contributed by atoms with van der Waals surface area (Å²) in [7, 11) is 0. The summed E-state index contributed by atoms with van der Waals surface area (Å²) in [4.78, 5) is 9.33. The Balaban J connectivity index is 2.18. The maximum Gasteiger partial charge on any atom is 0.416 e. The lowest BCUT2D eigenvalue weighted by Gasteiger charge is -2.34. The van der Waals surface area contributed by atoms with E-state index < -0.39 is 12.3 Å². The summed E-state index contributed by atoms with van der Waals surface area (Å²) in [6, 6.07) is 1.61. The number of nitrogens with zero attached hydrogens (tertiary/aromatic N) is 3. The monoisotopic (exact) mass is 262 g/mol. The van der Waals surface area contributed by atoms with Gasteiger partial charge in [0.1, 0.15) is 5.82 Å². The molecule has 18 heavy (non-hydrogen) atoms. The van der Waals surface area contributed by atoms with Crippen LogP contribution in [-0.4, -0.2) is 41.9 Å². The number of nitrogens with two attached hydrogens (primary N) is 1. The molecule has 0 spiro atoms. The molecule has 0 bridgehead atoms. The smallest absolute Gasteiger partial charge is 0.368 e. The quantitative estimate of drug-likeness (QED) is 0.822. The van der Waals surface area contributed by atoms with Crippen LogP contribution < -0.4 is 10.6 Å². The summed E-state index contributed by atoms with van der Waals surface area (Å²) < 4.78 is 42.5. The van der Waals surface area contributed by atoms with E-state index in [-0.39, 0.29) is 19.1 Å². The molecule has 1 aliphatic heterocycles. The van der Waals surface area contributed by atoms with Crippen LogP contribution in [0.4, 0.5) is 24.9 Å². The summed E-state index contributed by atoms with van der Waals surface area (Å²) in [5.41, 5.74) is 6.10. The first-order valence-electron chi connectivity index (χ1n) is 5.40. The molecule has 1 saturated heterocycles. The van der Waals surface area contributed by atoms with Crippen LogP contribution in [0.25, 0.3) is 0 Å². The van der Waals surface area contributed by atoms with Gasteiger partial charge in [-0.15, -0.1) is 0 Å². The van der Waals surface area contributed by atoms with Crippen LogP contribution >= 0.6 is 0 Å².